The molecule has 1 unspecified atom stereocenters. The Morgan fingerprint density at radius 3 is 3.04 bits per heavy atom. The van der Waals surface area contributed by atoms with Crippen LogP contribution in [0.15, 0.2) is 27.3 Å². The lowest BCUT2D eigenvalue weighted by atomic mass is 10.2. The third-order valence-corrected chi connectivity index (χ3v) is 4.78. The molecule has 0 aromatic carbocycles. The molecule has 0 bridgehead atoms. The number of nitrogens with zero attached hydrogens (tertiary/aromatic N) is 4. The van der Waals surface area contributed by atoms with Crippen LogP contribution in [0.4, 0.5) is 0 Å². The van der Waals surface area contributed by atoms with Crippen molar-refractivity contribution in [3.63, 3.8) is 0 Å². The number of likely N-dealkylation sites (N-methyl/N-ethyl adjacent to an activating group) is 1. The molecule has 7 nitrogen and oxygen atoms in total. The average molecular weight is 330 g/mol. The molecular formula is C17H22N4O3. The van der Waals surface area contributed by atoms with Crippen LogP contribution in [0.3, 0.4) is 0 Å². The summed E-state index contributed by atoms with van der Waals surface area (Å²) in [6.45, 7) is 1.74. The SMILES string of the molecule is CN(Cc1ccco1)C(=O)CN1CCCC1c1noc(C2CC2)n1. The minimum Gasteiger partial charge on any atom is -0.467 e. The first kappa shape index (κ1) is 15.4. The van der Waals surface area contributed by atoms with Crippen LogP contribution in [-0.4, -0.2) is 46.0 Å². The van der Waals surface area contributed by atoms with Crippen molar-refractivity contribution in [2.45, 2.75) is 44.2 Å². The normalized spacial score (nSPS) is 21.3. The summed E-state index contributed by atoms with van der Waals surface area (Å²) in [5, 5.41) is 4.15. The predicted molar refractivity (Wildman–Crippen MR) is 85.0 cm³/mol. The van der Waals surface area contributed by atoms with E-state index in [1.807, 2.05) is 12.1 Å². The van der Waals surface area contributed by atoms with Gasteiger partial charge in [-0.2, -0.15) is 4.98 Å². The van der Waals surface area contributed by atoms with Gasteiger partial charge in [-0.05, 0) is 44.4 Å². The molecule has 2 fully saturated rings. The van der Waals surface area contributed by atoms with Gasteiger partial charge in [-0.15, -0.1) is 0 Å². The van der Waals surface area contributed by atoms with E-state index in [1.54, 1.807) is 18.2 Å². The first-order chi connectivity index (χ1) is 11.7. The van der Waals surface area contributed by atoms with Gasteiger partial charge in [0.25, 0.3) is 0 Å². The number of furan rings is 1. The molecule has 4 rings (SSSR count). The molecule has 1 amide bonds. The Bertz CT molecular complexity index is 693. The largest absolute Gasteiger partial charge is 0.467 e. The van der Waals surface area contributed by atoms with Crippen LogP contribution in [0.2, 0.25) is 0 Å². The maximum absolute atomic E-state index is 12.5. The highest BCUT2D eigenvalue weighted by Gasteiger charge is 2.35. The van der Waals surface area contributed by atoms with E-state index in [0.717, 1.165) is 49.7 Å². The zero-order valence-corrected chi connectivity index (χ0v) is 13.9. The van der Waals surface area contributed by atoms with Gasteiger partial charge in [0.2, 0.25) is 11.8 Å². The minimum absolute atomic E-state index is 0.0733. The summed E-state index contributed by atoms with van der Waals surface area (Å²) in [6.07, 6.45) is 5.93. The van der Waals surface area contributed by atoms with E-state index in [1.165, 1.54) is 0 Å². The summed E-state index contributed by atoms with van der Waals surface area (Å²) in [5.74, 6) is 2.82. The van der Waals surface area contributed by atoms with Crippen LogP contribution in [0.5, 0.6) is 0 Å². The van der Waals surface area contributed by atoms with Crippen LogP contribution >= 0.6 is 0 Å². The fraction of sp³-hybridized carbons (Fsp3) is 0.588. The Labute approximate surface area is 140 Å². The number of aromatic nitrogens is 2. The molecule has 1 aliphatic carbocycles. The highest BCUT2D eigenvalue weighted by atomic mass is 16.5. The summed E-state index contributed by atoms with van der Waals surface area (Å²) < 4.78 is 10.7. The molecule has 1 saturated heterocycles. The van der Waals surface area contributed by atoms with Crippen molar-refractivity contribution in [3.8, 4) is 0 Å². The molecule has 3 heterocycles. The maximum atomic E-state index is 12.5. The fourth-order valence-electron chi connectivity index (χ4n) is 3.21. The average Bonchev–Trinajstić information content (AvgIpc) is 2.97. The number of carbonyl (C=O) groups excluding carboxylic acids is 1. The third kappa shape index (κ3) is 3.21. The number of amides is 1. The van der Waals surface area contributed by atoms with E-state index in [0.29, 0.717) is 19.0 Å². The highest BCUT2D eigenvalue weighted by molar-refractivity contribution is 5.78. The van der Waals surface area contributed by atoms with E-state index in [9.17, 15) is 4.79 Å². The summed E-state index contributed by atoms with van der Waals surface area (Å²) in [5.41, 5.74) is 0. The number of rotatable bonds is 6. The maximum Gasteiger partial charge on any atom is 0.236 e. The molecule has 2 aliphatic rings. The van der Waals surface area contributed by atoms with Crippen molar-refractivity contribution < 1.29 is 13.7 Å². The Morgan fingerprint density at radius 1 is 1.42 bits per heavy atom. The molecule has 2 aromatic rings. The second-order valence-corrected chi connectivity index (χ2v) is 6.72. The molecule has 128 valence electrons. The summed E-state index contributed by atoms with van der Waals surface area (Å²) in [7, 11) is 1.80. The lowest BCUT2D eigenvalue weighted by molar-refractivity contribution is -0.132. The Balaban J connectivity index is 1.38. The van der Waals surface area contributed by atoms with Gasteiger partial charge >= 0.3 is 0 Å². The van der Waals surface area contributed by atoms with Gasteiger partial charge in [-0.25, -0.2) is 0 Å². The summed E-state index contributed by atoms with van der Waals surface area (Å²) in [4.78, 5) is 20.9. The van der Waals surface area contributed by atoms with E-state index >= 15 is 0 Å². The molecule has 0 N–H and O–H groups in total. The zero-order valence-electron chi connectivity index (χ0n) is 13.9. The van der Waals surface area contributed by atoms with Gasteiger partial charge in [0.15, 0.2) is 5.82 Å². The molecular weight excluding hydrogens is 308 g/mol. The Kier molecular flexibility index (Phi) is 4.10. The van der Waals surface area contributed by atoms with E-state index < -0.39 is 0 Å². The third-order valence-electron chi connectivity index (χ3n) is 4.78. The molecule has 1 atom stereocenters. The van der Waals surface area contributed by atoms with Gasteiger partial charge in [-0.1, -0.05) is 5.16 Å². The topological polar surface area (TPSA) is 75.6 Å². The predicted octanol–water partition coefficient (Wildman–Crippen LogP) is 2.34. The lowest BCUT2D eigenvalue weighted by Gasteiger charge is -2.24. The summed E-state index contributed by atoms with van der Waals surface area (Å²) in [6, 6.07) is 3.79. The lowest BCUT2D eigenvalue weighted by Crippen LogP contribution is -2.38. The quantitative estimate of drug-likeness (QED) is 0.809. The molecule has 0 radical (unpaired) electrons. The molecule has 2 aromatic heterocycles. The smallest absolute Gasteiger partial charge is 0.236 e. The monoisotopic (exact) mass is 330 g/mol. The van der Waals surface area contributed by atoms with Gasteiger partial charge in [0.05, 0.1) is 25.4 Å². The van der Waals surface area contributed by atoms with Gasteiger partial charge in [0.1, 0.15) is 5.76 Å². The Hall–Kier alpha value is -2.15. The molecule has 24 heavy (non-hydrogen) atoms. The van der Waals surface area contributed by atoms with Crippen LogP contribution < -0.4 is 0 Å². The van der Waals surface area contributed by atoms with Crippen molar-refractivity contribution in [2.75, 3.05) is 20.1 Å². The van der Waals surface area contributed by atoms with Crippen molar-refractivity contribution in [1.29, 1.82) is 0 Å². The van der Waals surface area contributed by atoms with E-state index in [4.69, 9.17) is 8.94 Å². The molecule has 7 heteroatoms. The fourth-order valence-corrected chi connectivity index (χ4v) is 3.21. The zero-order chi connectivity index (χ0) is 16.5. The first-order valence-corrected chi connectivity index (χ1v) is 8.54. The van der Waals surface area contributed by atoms with Crippen LogP contribution in [0.25, 0.3) is 0 Å². The number of carbonyl (C=O) groups is 1. The van der Waals surface area contributed by atoms with Crippen molar-refractivity contribution in [3.05, 3.63) is 35.9 Å². The second-order valence-electron chi connectivity index (χ2n) is 6.72. The number of hydrogen-bond donors (Lipinski definition) is 0. The van der Waals surface area contributed by atoms with Gasteiger partial charge in [0, 0.05) is 13.0 Å². The van der Waals surface area contributed by atoms with Crippen molar-refractivity contribution >= 4 is 5.91 Å². The molecule has 1 saturated carbocycles. The van der Waals surface area contributed by atoms with Crippen LogP contribution in [0, 0.1) is 0 Å². The molecule has 0 spiro atoms. The van der Waals surface area contributed by atoms with E-state index in [2.05, 4.69) is 15.0 Å². The standard InChI is InChI=1S/C17H22N4O3/c1-20(10-13-4-3-9-23-13)15(22)11-21-8-2-5-14(21)16-18-17(24-19-16)12-6-7-12/h3-4,9,12,14H,2,5-8,10-11H2,1H3. The van der Waals surface area contributed by atoms with Gasteiger partial charge in [-0.3, -0.25) is 9.69 Å². The summed E-state index contributed by atoms with van der Waals surface area (Å²) >= 11 is 0. The van der Waals surface area contributed by atoms with Crippen molar-refractivity contribution in [2.24, 2.45) is 0 Å². The Morgan fingerprint density at radius 2 is 2.29 bits per heavy atom. The highest BCUT2D eigenvalue weighted by Crippen LogP contribution is 2.40. The first-order valence-electron chi connectivity index (χ1n) is 8.54. The molecule has 1 aliphatic heterocycles. The van der Waals surface area contributed by atoms with Crippen molar-refractivity contribution in [1.82, 2.24) is 19.9 Å². The van der Waals surface area contributed by atoms with E-state index in [-0.39, 0.29) is 11.9 Å². The minimum atomic E-state index is 0.0733. The number of likely N-dealkylation sites (tertiary alicyclic amines) is 1. The van der Waals surface area contributed by atoms with Gasteiger partial charge < -0.3 is 13.8 Å². The van der Waals surface area contributed by atoms with Crippen LogP contribution in [-0.2, 0) is 11.3 Å². The van der Waals surface area contributed by atoms with Crippen LogP contribution in [0.1, 0.15) is 55.1 Å². The number of hydrogen-bond acceptors (Lipinski definition) is 6. The second kappa shape index (κ2) is 6.39.